The van der Waals surface area contributed by atoms with Gasteiger partial charge in [0.2, 0.25) is 0 Å². The third-order valence-corrected chi connectivity index (χ3v) is 6.85. The van der Waals surface area contributed by atoms with E-state index in [1.807, 2.05) is 36.4 Å². The zero-order valence-electron chi connectivity index (χ0n) is 22.6. The van der Waals surface area contributed by atoms with Gasteiger partial charge in [-0.25, -0.2) is 0 Å². The summed E-state index contributed by atoms with van der Waals surface area (Å²) in [5, 5.41) is 24.9. The van der Waals surface area contributed by atoms with Gasteiger partial charge in [-0.05, 0) is 66.1 Å². The molecule has 0 aliphatic rings. The number of hydrogen-bond donors (Lipinski definition) is 3. The molecular weight excluding hydrogens is 530 g/mol. The van der Waals surface area contributed by atoms with Crippen LogP contribution in [-0.2, 0) is 11.2 Å². The third-order valence-electron chi connectivity index (χ3n) is 6.61. The molecule has 2 atom stereocenters. The molecule has 0 bridgehead atoms. The standard InChI is InChI=1S/C31H34ClN3O5/c1-35(14-15-39-2)31(38)23-8-11-27-28(18-23)33-13-12-30(27)40-26-9-6-21(7-10-26)16-25(20-36)34-19-29(37)22-4-3-5-24(32)17-22/h3-13,17-18,25,29,34,36-37H,14-16,19-20H2,1-2H3/t25-,29-/m0/s1. The Bertz CT molecular complexity index is 1420. The molecule has 0 saturated heterocycles. The van der Waals surface area contributed by atoms with Crippen molar-refractivity contribution in [3.8, 4) is 11.5 Å². The largest absolute Gasteiger partial charge is 0.457 e. The van der Waals surface area contributed by atoms with Crippen molar-refractivity contribution >= 4 is 28.4 Å². The zero-order chi connectivity index (χ0) is 28.5. The van der Waals surface area contributed by atoms with Crippen molar-refractivity contribution in [3.05, 3.63) is 101 Å². The maximum Gasteiger partial charge on any atom is 0.253 e. The van der Waals surface area contributed by atoms with E-state index < -0.39 is 6.10 Å². The number of carbonyl (C=O) groups is 1. The van der Waals surface area contributed by atoms with Crippen molar-refractivity contribution in [2.75, 3.05) is 40.5 Å². The Balaban J connectivity index is 1.37. The van der Waals surface area contributed by atoms with Crippen LogP contribution >= 0.6 is 11.6 Å². The first-order chi connectivity index (χ1) is 19.4. The number of ether oxygens (including phenoxy) is 2. The normalized spacial score (nSPS) is 12.7. The van der Waals surface area contributed by atoms with E-state index in [4.69, 9.17) is 21.1 Å². The molecule has 0 unspecified atom stereocenters. The van der Waals surface area contributed by atoms with Crippen LogP contribution in [-0.4, -0.2) is 72.5 Å². The fourth-order valence-electron chi connectivity index (χ4n) is 4.31. The second-order valence-electron chi connectivity index (χ2n) is 9.57. The van der Waals surface area contributed by atoms with Gasteiger partial charge in [0.25, 0.3) is 5.91 Å². The molecule has 40 heavy (non-hydrogen) atoms. The zero-order valence-corrected chi connectivity index (χ0v) is 23.3. The molecule has 4 aromatic rings. The molecule has 1 aromatic heterocycles. The number of pyridine rings is 1. The van der Waals surface area contributed by atoms with Crippen LogP contribution < -0.4 is 10.1 Å². The van der Waals surface area contributed by atoms with Crippen molar-refractivity contribution in [2.24, 2.45) is 0 Å². The van der Waals surface area contributed by atoms with Crippen LogP contribution in [0.25, 0.3) is 10.9 Å². The summed E-state index contributed by atoms with van der Waals surface area (Å²) >= 11 is 6.02. The van der Waals surface area contributed by atoms with Crippen molar-refractivity contribution in [3.63, 3.8) is 0 Å². The first-order valence-electron chi connectivity index (χ1n) is 13.1. The van der Waals surface area contributed by atoms with Gasteiger partial charge in [-0.15, -0.1) is 0 Å². The number of nitrogens with zero attached hydrogens (tertiary/aromatic N) is 2. The lowest BCUT2D eigenvalue weighted by Crippen LogP contribution is -2.37. The molecule has 0 aliphatic carbocycles. The lowest BCUT2D eigenvalue weighted by atomic mass is 10.0. The molecule has 1 heterocycles. The molecule has 0 radical (unpaired) electrons. The van der Waals surface area contributed by atoms with E-state index in [-0.39, 0.29) is 18.6 Å². The Hall–Kier alpha value is -3.53. The highest BCUT2D eigenvalue weighted by atomic mass is 35.5. The fourth-order valence-corrected chi connectivity index (χ4v) is 4.51. The SMILES string of the molecule is COCCN(C)C(=O)c1ccc2c(Oc3ccc(C[C@@H](CO)NC[C@H](O)c4cccc(Cl)c4)cc3)ccnc2c1. The van der Waals surface area contributed by atoms with Crippen molar-refractivity contribution in [1.82, 2.24) is 15.2 Å². The van der Waals surface area contributed by atoms with Gasteiger partial charge >= 0.3 is 0 Å². The molecule has 3 aromatic carbocycles. The van der Waals surface area contributed by atoms with Gasteiger partial charge in [0.05, 0.1) is 24.8 Å². The van der Waals surface area contributed by atoms with E-state index in [0.29, 0.717) is 53.7 Å². The number of carbonyl (C=O) groups excluding carboxylic acids is 1. The van der Waals surface area contributed by atoms with E-state index in [9.17, 15) is 15.0 Å². The predicted molar refractivity (Wildman–Crippen MR) is 156 cm³/mol. The number of fused-ring (bicyclic) bond motifs is 1. The van der Waals surface area contributed by atoms with Gasteiger partial charge in [-0.1, -0.05) is 35.9 Å². The Labute approximate surface area is 239 Å². The quantitative estimate of drug-likeness (QED) is 0.218. The van der Waals surface area contributed by atoms with Crippen molar-refractivity contribution < 1.29 is 24.5 Å². The molecule has 3 N–H and O–H groups in total. The monoisotopic (exact) mass is 563 g/mol. The molecule has 0 spiro atoms. The van der Waals surface area contributed by atoms with Crippen LogP contribution in [0.1, 0.15) is 27.6 Å². The van der Waals surface area contributed by atoms with Gasteiger partial charge in [0, 0.05) is 55.5 Å². The van der Waals surface area contributed by atoms with Gasteiger partial charge in [0.1, 0.15) is 11.5 Å². The summed E-state index contributed by atoms with van der Waals surface area (Å²) in [5.41, 5.74) is 2.94. The van der Waals surface area contributed by atoms with E-state index in [2.05, 4.69) is 10.3 Å². The summed E-state index contributed by atoms with van der Waals surface area (Å²) in [6, 6.07) is 21.7. The van der Waals surface area contributed by atoms with E-state index in [1.54, 1.807) is 61.7 Å². The van der Waals surface area contributed by atoms with Crippen LogP contribution in [0, 0.1) is 0 Å². The second-order valence-corrected chi connectivity index (χ2v) is 10.0. The summed E-state index contributed by atoms with van der Waals surface area (Å²) in [6.07, 6.45) is 1.50. The average molecular weight is 564 g/mol. The maximum absolute atomic E-state index is 12.7. The molecule has 210 valence electrons. The highest BCUT2D eigenvalue weighted by Crippen LogP contribution is 2.30. The molecule has 8 nitrogen and oxygen atoms in total. The molecule has 9 heteroatoms. The number of aromatic nitrogens is 1. The number of rotatable bonds is 13. The summed E-state index contributed by atoms with van der Waals surface area (Å²) in [6.45, 7) is 1.18. The second kappa shape index (κ2) is 14.2. The number of methoxy groups -OCH3 is 1. The molecule has 0 fully saturated rings. The lowest BCUT2D eigenvalue weighted by Gasteiger charge is -2.19. The fraction of sp³-hybridized carbons (Fsp3) is 0.290. The Morgan fingerprint density at radius 1 is 1.10 bits per heavy atom. The Morgan fingerprint density at radius 2 is 1.90 bits per heavy atom. The van der Waals surface area contributed by atoms with Crippen molar-refractivity contribution in [2.45, 2.75) is 18.6 Å². The molecular formula is C31H34ClN3O5. The number of halogens is 1. The minimum Gasteiger partial charge on any atom is -0.457 e. The summed E-state index contributed by atoms with van der Waals surface area (Å²) < 4.78 is 11.2. The molecule has 4 rings (SSSR count). The maximum atomic E-state index is 12.7. The number of aliphatic hydroxyl groups is 2. The molecule has 1 amide bonds. The number of amides is 1. The van der Waals surface area contributed by atoms with E-state index >= 15 is 0 Å². The summed E-state index contributed by atoms with van der Waals surface area (Å²) in [4.78, 5) is 18.8. The third kappa shape index (κ3) is 7.78. The van der Waals surface area contributed by atoms with Crippen LogP contribution in [0.4, 0.5) is 0 Å². The van der Waals surface area contributed by atoms with E-state index in [0.717, 1.165) is 16.5 Å². The van der Waals surface area contributed by atoms with Crippen molar-refractivity contribution in [1.29, 1.82) is 0 Å². The van der Waals surface area contributed by atoms with Gasteiger partial charge in [0.15, 0.2) is 0 Å². The van der Waals surface area contributed by atoms with Crippen LogP contribution in [0.2, 0.25) is 5.02 Å². The topological polar surface area (TPSA) is 104 Å². The molecule has 0 aliphatic heterocycles. The first kappa shape index (κ1) is 29.5. The Morgan fingerprint density at radius 3 is 2.62 bits per heavy atom. The molecule has 0 saturated carbocycles. The van der Waals surface area contributed by atoms with E-state index in [1.165, 1.54) is 0 Å². The number of aliphatic hydroxyl groups excluding tert-OH is 2. The number of benzene rings is 3. The smallest absolute Gasteiger partial charge is 0.253 e. The minimum absolute atomic E-state index is 0.0732. The summed E-state index contributed by atoms with van der Waals surface area (Å²) in [7, 11) is 3.35. The lowest BCUT2D eigenvalue weighted by molar-refractivity contribution is 0.0744. The van der Waals surface area contributed by atoms with Gasteiger partial charge < -0.3 is 29.9 Å². The number of nitrogens with one attached hydrogen (secondary N) is 1. The van der Waals surface area contributed by atoms with Gasteiger partial charge in [-0.2, -0.15) is 0 Å². The van der Waals surface area contributed by atoms with Crippen LogP contribution in [0.15, 0.2) is 79.0 Å². The number of likely N-dealkylation sites (N-methyl/N-ethyl adjacent to an activating group) is 1. The Kier molecular flexibility index (Phi) is 10.5. The predicted octanol–water partition coefficient (Wildman–Crippen LogP) is 4.63. The highest BCUT2D eigenvalue weighted by molar-refractivity contribution is 6.30. The average Bonchev–Trinajstić information content (AvgIpc) is 2.98. The number of hydrogen-bond acceptors (Lipinski definition) is 7. The highest BCUT2D eigenvalue weighted by Gasteiger charge is 2.15. The summed E-state index contributed by atoms with van der Waals surface area (Å²) in [5.74, 6) is 1.19. The first-order valence-corrected chi connectivity index (χ1v) is 13.4. The van der Waals surface area contributed by atoms with Crippen LogP contribution in [0.3, 0.4) is 0 Å². The van der Waals surface area contributed by atoms with Crippen LogP contribution in [0.5, 0.6) is 11.5 Å². The van der Waals surface area contributed by atoms with Gasteiger partial charge in [-0.3, -0.25) is 9.78 Å². The minimum atomic E-state index is -0.732.